The van der Waals surface area contributed by atoms with Crippen molar-refractivity contribution in [3.05, 3.63) is 59.5 Å². The Bertz CT molecular complexity index is 1460. The SMILES string of the molecule is CS(=O)(=O)c1ccccc1Nc1nc(Nc2ccc3c(c2)CCC(=O)N3)nc2ccsc12. The molecule has 0 saturated heterocycles. The fraction of sp³-hybridized carbons (Fsp3) is 0.136. The number of aryl methyl sites for hydroxylation is 1. The fourth-order valence-corrected chi connectivity index (χ4v) is 5.24. The van der Waals surface area contributed by atoms with Gasteiger partial charge in [0.05, 0.1) is 20.8 Å². The lowest BCUT2D eigenvalue weighted by Crippen LogP contribution is -2.18. The number of benzene rings is 2. The highest BCUT2D eigenvalue weighted by Crippen LogP contribution is 2.33. The number of sulfone groups is 1. The van der Waals surface area contributed by atoms with Gasteiger partial charge < -0.3 is 16.0 Å². The third-order valence-electron chi connectivity index (χ3n) is 5.10. The van der Waals surface area contributed by atoms with Crippen LogP contribution in [0.5, 0.6) is 0 Å². The molecule has 3 heterocycles. The van der Waals surface area contributed by atoms with Crippen molar-refractivity contribution in [2.75, 3.05) is 22.2 Å². The molecule has 1 amide bonds. The number of fused-ring (bicyclic) bond motifs is 2. The number of amides is 1. The lowest BCUT2D eigenvalue weighted by Gasteiger charge is -2.18. The number of nitrogens with zero attached hydrogens (tertiary/aromatic N) is 2. The molecular formula is C22H19N5O3S2. The average molecular weight is 466 g/mol. The standard InChI is InChI=1S/C22H19N5O3S2/c1-32(29,30)18-5-3-2-4-16(18)25-21-20-17(10-11-31-20)26-22(27-21)23-14-7-8-15-13(12-14)6-9-19(28)24-15/h2-5,7-8,10-12H,6,9H2,1H3,(H,24,28)(H2,23,25,26,27). The van der Waals surface area contributed by atoms with E-state index in [0.29, 0.717) is 30.3 Å². The van der Waals surface area contributed by atoms with E-state index in [1.54, 1.807) is 24.3 Å². The van der Waals surface area contributed by atoms with E-state index < -0.39 is 9.84 Å². The van der Waals surface area contributed by atoms with E-state index in [4.69, 9.17) is 0 Å². The second-order valence-corrected chi connectivity index (χ2v) is 10.4. The molecule has 2 aromatic heterocycles. The Morgan fingerprint density at radius 2 is 1.88 bits per heavy atom. The van der Waals surface area contributed by atoms with Crippen LogP contribution in [0.3, 0.4) is 0 Å². The zero-order chi connectivity index (χ0) is 22.3. The summed E-state index contributed by atoms with van der Waals surface area (Å²) in [4.78, 5) is 21.0. The summed E-state index contributed by atoms with van der Waals surface area (Å²) in [5.74, 6) is 0.929. The lowest BCUT2D eigenvalue weighted by molar-refractivity contribution is -0.116. The number of rotatable bonds is 5. The maximum absolute atomic E-state index is 12.2. The maximum atomic E-state index is 12.2. The zero-order valence-electron chi connectivity index (χ0n) is 17.0. The highest BCUT2D eigenvalue weighted by Gasteiger charge is 2.17. The van der Waals surface area contributed by atoms with Gasteiger partial charge in [0.1, 0.15) is 0 Å². The van der Waals surface area contributed by atoms with Crippen LogP contribution in [0.15, 0.2) is 58.8 Å². The van der Waals surface area contributed by atoms with E-state index in [2.05, 4.69) is 25.9 Å². The summed E-state index contributed by atoms with van der Waals surface area (Å²) in [6.45, 7) is 0. The fourth-order valence-electron chi connectivity index (χ4n) is 3.62. The zero-order valence-corrected chi connectivity index (χ0v) is 18.7. The minimum absolute atomic E-state index is 0.0227. The number of nitrogens with one attached hydrogen (secondary N) is 3. The predicted octanol–water partition coefficient (Wildman–Crippen LogP) is 4.47. The average Bonchev–Trinajstić information content (AvgIpc) is 3.22. The second kappa shape index (κ2) is 7.88. The molecule has 32 heavy (non-hydrogen) atoms. The molecule has 0 unspecified atom stereocenters. The van der Waals surface area contributed by atoms with Gasteiger partial charge in [-0.25, -0.2) is 13.4 Å². The van der Waals surface area contributed by atoms with Gasteiger partial charge in [-0.1, -0.05) is 12.1 Å². The van der Waals surface area contributed by atoms with E-state index in [1.165, 1.54) is 17.6 Å². The summed E-state index contributed by atoms with van der Waals surface area (Å²) in [6, 6.07) is 14.3. The highest BCUT2D eigenvalue weighted by atomic mass is 32.2. The highest BCUT2D eigenvalue weighted by molar-refractivity contribution is 7.90. The summed E-state index contributed by atoms with van der Waals surface area (Å²) in [6.07, 6.45) is 2.32. The number of hydrogen-bond acceptors (Lipinski definition) is 8. The number of anilines is 5. The van der Waals surface area contributed by atoms with Gasteiger partial charge in [-0.05, 0) is 53.8 Å². The van der Waals surface area contributed by atoms with Crippen LogP contribution in [0.4, 0.5) is 28.8 Å². The quantitative estimate of drug-likeness (QED) is 0.399. The smallest absolute Gasteiger partial charge is 0.229 e. The second-order valence-electron chi connectivity index (χ2n) is 7.47. The minimum atomic E-state index is -3.41. The third kappa shape index (κ3) is 4.02. The Morgan fingerprint density at radius 1 is 1.03 bits per heavy atom. The summed E-state index contributed by atoms with van der Waals surface area (Å²) < 4.78 is 25.2. The summed E-state index contributed by atoms with van der Waals surface area (Å²) in [5.41, 5.74) is 3.88. The Morgan fingerprint density at radius 3 is 2.72 bits per heavy atom. The summed E-state index contributed by atoms with van der Waals surface area (Å²) in [7, 11) is -3.41. The van der Waals surface area contributed by atoms with Crippen molar-refractivity contribution in [1.29, 1.82) is 0 Å². The molecule has 0 spiro atoms. The molecule has 0 atom stereocenters. The number of para-hydroxylation sites is 1. The number of carbonyl (C=O) groups excluding carboxylic acids is 1. The first kappa shape index (κ1) is 20.4. The van der Waals surface area contributed by atoms with Gasteiger partial charge in [0.25, 0.3) is 0 Å². The van der Waals surface area contributed by atoms with Gasteiger partial charge >= 0.3 is 0 Å². The number of thiophene rings is 1. The van der Waals surface area contributed by atoms with Crippen LogP contribution in [0.1, 0.15) is 12.0 Å². The van der Waals surface area contributed by atoms with Gasteiger partial charge in [-0.15, -0.1) is 11.3 Å². The molecule has 0 bridgehead atoms. The van der Waals surface area contributed by atoms with E-state index in [1.807, 2.05) is 29.6 Å². The molecule has 5 rings (SSSR count). The van der Waals surface area contributed by atoms with Gasteiger partial charge in [-0.2, -0.15) is 4.98 Å². The van der Waals surface area contributed by atoms with Gasteiger partial charge in [0, 0.05) is 24.1 Å². The monoisotopic (exact) mass is 465 g/mol. The van der Waals surface area contributed by atoms with Crippen molar-refractivity contribution < 1.29 is 13.2 Å². The van der Waals surface area contributed by atoms with Crippen molar-refractivity contribution in [3.8, 4) is 0 Å². The third-order valence-corrected chi connectivity index (χ3v) is 7.17. The molecule has 1 aliphatic rings. The van der Waals surface area contributed by atoms with E-state index >= 15 is 0 Å². The molecule has 2 aromatic carbocycles. The molecule has 3 N–H and O–H groups in total. The van der Waals surface area contributed by atoms with Crippen molar-refractivity contribution in [1.82, 2.24) is 9.97 Å². The molecule has 0 radical (unpaired) electrons. The first-order valence-electron chi connectivity index (χ1n) is 9.88. The molecule has 162 valence electrons. The number of carbonyl (C=O) groups is 1. The Labute approximate surface area is 188 Å². The number of hydrogen-bond donors (Lipinski definition) is 3. The van der Waals surface area contributed by atoms with E-state index in [-0.39, 0.29) is 10.8 Å². The van der Waals surface area contributed by atoms with Crippen LogP contribution >= 0.6 is 11.3 Å². The first-order valence-corrected chi connectivity index (χ1v) is 12.6. The van der Waals surface area contributed by atoms with Crippen LogP contribution in [-0.2, 0) is 21.1 Å². The molecule has 10 heteroatoms. The van der Waals surface area contributed by atoms with Crippen molar-refractivity contribution in [3.63, 3.8) is 0 Å². The largest absolute Gasteiger partial charge is 0.338 e. The maximum Gasteiger partial charge on any atom is 0.229 e. The van der Waals surface area contributed by atoms with E-state index in [0.717, 1.165) is 27.2 Å². The van der Waals surface area contributed by atoms with Crippen LogP contribution < -0.4 is 16.0 Å². The Balaban J connectivity index is 1.50. The summed E-state index contributed by atoms with van der Waals surface area (Å²) >= 11 is 1.48. The molecule has 4 aromatic rings. The van der Waals surface area contributed by atoms with Gasteiger partial charge in [-0.3, -0.25) is 4.79 Å². The lowest BCUT2D eigenvalue weighted by atomic mass is 10.0. The Kier molecular flexibility index (Phi) is 5.03. The van der Waals surface area contributed by atoms with Crippen molar-refractivity contribution in [2.45, 2.75) is 17.7 Å². The molecule has 0 fully saturated rings. The van der Waals surface area contributed by atoms with Crippen molar-refractivity contribution >= 4 is 66.1 Å². The van der Waals surface area contributed by atoms with Crippen LogP contribution in [0.25, 0.3) is 10.2 Å². The van der Waals surface area contributed by atoms with E-state index in [9.17, 15) is 13.2 Å². The minimum Gasteiger partial charge on any atom is -0.338 e. The van der Waals surface area contributed by atoms with Crippen LogP contribution in [0.2, 0.25) is 0 Å². The molecular weight excluding hydrogens is 446 g/mol. The van der Waals surface area contributed by atoms with Crippen LogP contribution in [0, 0.1) is 0 Å². The van der Waals surface area contributed by atoms with Crippen molar-refractivity contribution in [2.24, 2.45) is 0 Å². The molecule has 8 nitrogen and oxygen atoms in total. The summed E-state index contributed by atoms with van der Waals surface area (Å²) in [5, 5.41) is 11.2. The van der Waals surface area contributed by atoms with Gasteiger partial charge in [0.2, 0.25) is 11.9 Å². The normalized spacial score (nSPS) is 13.5. The van der Waals surface area contributed by atoms with Gasteiger partial charge in [0.15, 0.2) is 15.7 Å². The van der Waals surface area contributed by atoms with Crippen LogP contribution in [-0.4, -0.2) is 30.5 Å². The predicted molar refractivity (Wildman–Crippen MR) is 127 cm³/mol. The molecule has 0 saturated carbocycles. The molecule has 0 aliphatic carbocycles. The Hall–Kier alpha value is -3.50. The first-order chi connectivity index (χ1) is 15.4. The topological polar surface area (TPSA) is 113 Å². The molecule has 1 aliphatic heterocycles. The number of aromatic nitrogens is 2.